The molecule has 0 fully saturated rings. The molecular formula is C11H17N3O. The fourth-order valence-electron chi connectivity index (χ4n) is 1.08. The summed E-state index contributed by atoms with van der Waals surface area (Å²) in [5.74, 6) is 0. The molecule has 1 aromatic rings. The molecular weight excluding hydrogens is 190 g/mol. The number of rotatable bonds is 1. The van der Waals surface area contributed by atoms with Crippen molar-refractivity contribution < 1.29 is 4.74 Å². The Labute approximate surface area is 90.4 Å². The zero-order chi connectivity index (χ0) is 11.1. The van der Waals surface area contributed by atoms with Crippen LogP contribution in [0.25, 0.3) is 0 Å². The third kappa shape index (κ3) is 4.35. The number of para-hydroxylation sites is 1. The summed E-state index contributed by atoms with van der Waals surface area (Å²) in [6, 6.07) is 10.6. The first-order chi connectivity index (χ1) is 7.20. The zero-order valence-corrected chi connectivity index (χ0v) is 9.18. The Bertz CT molecular complexity index is 309. The van der Waals surface area contributed by atoms with Crippen LogP contribution in [0.1, 0.15) is 0 Å². The molecule has 4 heteroatoms. The Morgan fingerprint density at radius 3 is 2.20 bits per heavy atom. The van der Waals surface area contributed by atoms with E-state index >= 15 is 0 Å². The van der Waals surface area contributed by atoms with E-state index in [0.717, 1.165) is 6.54 Å². The van der Waals surface area contributed by atoms with Crippen LogP contribution in [-0.2, 0) is 4.74 Å². The van der Waals surface area contributed by atoms with Crippen LogP contribution in [0.5, 0.6) is 0 Å². The van der Waals surface area contributed by atoms with E-state index in [1.54, 1.807) is 0 Å². The van der Waals surface area contributed by atoms with Crippen molar-refractivity contribution in [1.82, 2.24) is 0 Å². The monoisotopic (exact) mass is 207 g/mol. The van der Waals surface area contributed by atoms with Crippen molar-refractivity contribution in [1.29, 1.82) is 0 Å². The van der Waals surface area contributed by atoms with Gasteiger partial charge in [0.15, 0.2) is 0 Å². The van der Waals surface area contributed by atoms with E-state index in [2.05, 4.69) is 26.8 Å². The molecule has 0 unspecified atom stereocenters. The highest BCUT2D eigenvalue weighted by Crippen LogP contribution is 2.07. The molecule has 0 spiro atoms. The summed E-state index contributed by atoms with van der Waals surface area (Å²) in [6.07, 6.45) is 0. The fraction of sp³-hybridized carbons (Fsp3) is 0.364. The van der Waals surface area contributed by atoms with Gasteiger partial charge in [0.25, 0.3) is 6.02 Å². The molecule has 0 amide bonds. The molecule has 1 aromatic carbocycles. The largest absolute Gasteiger partial charge is 0.463 e. The van der Waals surface area contributed by atoms with Crippen LogP contribution in [0.4, 0.5) is 5.69 Å². The van der Waals surface area contributed by atoms with Crippen molar-refractivity contribution in [2.45, 2.75) is 0 Å². The molecule has 2 N–H and O–H groups in total. The summed E-state index contributed by atoms with van der Waals surface area (Å²) < 4.78 is 4.68. The number of ether oxygens (including phenoxy) is 1. The topological polar surface area (TPSA) is 50.8 Å². The van der Waals surface area contributed by atoms with E-state index in [1.165, 1.54) is 5.69 Å². The zero-order valence-electron chi connectivity index (χ0n) is 9.18. The van der Waals surface area contributed by atoms with Crippen molar-refractivity contribution in [3.8, 4) is 0 Å². The predicted octanol–water partition coefficient (Wildman–Crippen LogP) is 1.08. The number of amidine groups is 1. The second-order valence-corrected chi connectivity index (χ2v) is 3.30. The Balaban J connectivity index is 0.000000162. The van der Waals surface area contributed by atoms with Gasteiger partial charge in [0, 0.05) is 19.8 Å². The molecule has 0 radical (unpaired) electrons. The predicted molar refractivity (Wildman–Crippen MR) is 63.2 cm³/mol. The highest BCUT2D eigenvalue weighted by atomic mass is 16.5. The summed E-state index contributed by atoms with van der Waals surface area (Å²) in [5.41, 5.74) is 6.31. The third-order valence-electron chi connectivity index (χ3n) is 1.88. The molecule has 1 heterocycles. The van der Waals surface area contributed by atoms with Gasteiger partial charge >= 0.3 is 0 Å². The molecule has 0 atom stereocenters. The molecule has 1 aliphatic rings. The van der Waals surface area contributed by atoms with Gasteiger partial charge in [0.1, 0.15) is 6.61 Å². The lowest BCUT2D eigenvalue weighted by Gasteiger charge is -2.10. The second-order valence-electron chi connectivity index (χ2n) is 3.30. The molecule has 82 valence electrons. The van der Waals surface area contributed by atoms with E-state index < -0.39 is 0 Å². The van der Waals surface area contributed by atoms with Crippen LogP contribution < -0.4 is 10.6 Å². The number of hydrogen-bond donors (Lipinski definition) is 1. The SMILES string of the molecule is CN(C)c1ccccc1.NC1=NCCO1. The lowest BCUT2D eigenvalue weighted by Crippen LogP contribution is -2.10. The molecule has 0 aromatic heterocycles. The molecule has 4 nitrogen and oxygen atoms in total. The first-order valence-corrected chi connectivity index (χ1v) is 4.85. The van der Waals surface area contributed by atoms with E-state index in [4.69, 9.17) is 5.73 Å². The van der Waals surface area contributed by atoms with Gasteiger partial charge in [-0.05, 0) is 12.1 Å². The maximum Gasteiger partial charge on any atom is 0.282 e. The minimum absolute atomic E-state index is 0.329. The number of aliphatic imine (C=N–C) groups is 1. The maximum absolute atomic E-state index is 5.06. The van der Waals surface area contributed by atoms with Crippen molar-refractivity contribution in [2.75, 3.05) is 32.1 Å². The summed E-state index contributed by atoms with van der Waals surface area (Å²) in [5, 5.41) is 0. The van der Waals surface area contributed by atoms with Gasteiger partial charge < -0.3 is 15.4 Å². The molecule has 0 saturated heterocycles. The normalized spacial score (nSPS) is 13.3. The number of nitrogens with two attached hydrogens (primary N) is 1. The quantitative estimate of drug-likeness (QED) is 0.749. The van der Waals surface area contributed by atoms with E-state index in [1.807, 2.05) is 32.3 Å². The van der Waals surface area contributed by atoms with Crippen molar-refractivity contribution in [3.05, 3.63) is 30.3 Å². The number of anilines is 1. The maximum atomic E-state index is 5.06. The van der Waals surface area contributed by atoms with E-state index in [-0.39, 0.29) is 0 Å². The Morgan fingerprint density at radius 1 is 1.27 bits per heavy atom. The molecule has 15 heavy (non-hydrogen) atoms. The standard InChI is InChI=1S/C8H11N.C3H6N2O/c1-9(2)8-6-4-3-5-7-8;4-3-5-1-2-6-3/h3-7H,1-2H3;1-2H2,(H2,4,5). The Morgan fingerprint density at radius 2 is 1.93 bits per heavy atom. The Hall–Kier alpha value is -1.71. The third-order valence-corrected chi connectivity index (χ3v) is 1.88. The van der Waals surface area contributed by atoms with Gasteiger partial charge in [-0.3, -0.25) is 0 Å². The van der Waals surface area contributed by atoms with Crippen LogP contribution in [0.15, 0.2) is 35.3 Å². The molecule has 1 aliphatic heterocycles. The Kier molecular flexibility index (Phi) is 4.47. The van der Waals surface area contributed by atoms with Gasteiger partial charge in [-0.15, -0.1) is 0 Å². The molecule has 0 bridgehead atoms. The first-order valence-electron chi connectivity index (χ1n) is 4.85. The minimum atomic E-state index is 0.329. The van der Waals surface area contributed by atoms with Gasteiger partial charge in [-0.25, -0.2) is 4.99 Å². The van der Waals surface area contributed by atoms with Crippen LogP contribution >= 0.6 is 0 Å². The second kappa shape index (κ2) is 5.90. The fourth-order valence-corrected chi connectivity index (χ4v) is 1.08. The molecule has 2 rings (SSSR count). The van der Waals surface area contributed by atoms with Gasteiger partial charge in [0.05, 0.1) is 6.54 Å². The minimum Gasteiger partial charge on any atom is -0.463 e. The van der Waals surface area contributed by atoms with Crippen LogP contribution in [0.3, 0.4) is 0 Å². The van der Waals surface area contributed by atoms with Gasteiger partial charge in [0.2, 0.25) is 0 Å². The molecule has 0 saturated carbocycles. The summed E-state index contributed by atoms with van der Waals surface area (Å²) >= 11 is 0. The highest BCUT2D eigenvalue weighted by Gasteiger charge is 1.97. The number of benzene rings is 1. The van der Waals surface area contributed by atoms with Crippen LogP contribution in [0.2, 0.25) is 0 Å². The van der Waals surface area contributed by atoms with Crippen LogP contribution in [-0.4, -0.2) is 33.3 Å². The average molecular weight is 207 g/mol. The first kappa shape index (κ1) is 11.4. The number of nitrogens with zero attached hydrogens (tertiary/aromatic N) is 2. The highest BCUT2D eigenvalue weighted by molar-refractivity contribution is 5.72. The average Bonchev–Trinajstić information content (AvgIpc) is 2.71. The van der Waals surface area contributed by atoms with Crippen molar-refractivity contribution in [2.24, 2.45) is 10.7 Å². The van der Waals surface area contributed by atoms with E-state index in [9.17, 15) is 0 Å². The summed E-state index contributed by atoms with van der Waals surface area (Å²) in [7, 11) is 4.07. The van der Waals surface area contributed by atoms with Crippen LogP contribution in [0, 0.1) is 0 Å². The van der Waals surface area contributed by atoms with Crippen molar-refractivity contribution in [3.63, 3.8) is 0 Å². The summed E-state index contributed by atoms with van der Waals surface area (Å²) in [4.78, 5) is 5.79. The van der Waals surface area contributed by atoms with Gasteiger partial charge in [-0.1, -0.05) is 18.2 Å². The van der Waals surface area contributed by atoms with Gasteiger partial charge in [-0.2, -0.15) is 0 Å². The molecule has 0 aliphatic carbocycles. The smallest absolute Gasteiger partial charge is 0.282 e. The lowest BCUT2D eigenvalue weighted by atomic mass is 10.3. The summed E-state index contributed by atoms with van der Waals surface area (Å²) in [6.45, 7) is 1.39. The lowest BCUT2D eigenvalue weighted by molar-refractivity contribution is 0.342. The van der Waals surface area contributed by atoms with E-state index in [0.29, 0.717) is 12.6 Å². The number of hydrogen-bond acceptors (Lipinski definition) is 4. The van der Waals surface area contributed by atoms with Crippen molar-refractivity contribution >= 4 is 11.7 Å².